The van der Waals surface area contributed by atoms with Crippen molar-refractivity contribution in [3.63, 3.8) is 0 Å². The van der Waals surface area contributed by atoms with Gasteiger partial charge in [-0.1, -0.05) is 24.6 Å². The van der Waals surface area contributed by atoms with Crippen LogP contribution >= 0.6 is 11.6 Å². The van der Waals surface area contributed by atoms with Crippen LogP contribution in [0.4, 0.5) is 22.0 Å². The van der Waals surface area contributed by atoms with E-state index in [1.807, 2.05) is 49.2 Å². The Morgan fingerprint density at radius 1 is 1.22 bits per heavy atom. The summed E-state index contributed by atoms with van der Waals surface area (Å²) in [5.74, 6) is 0.690. The van der Waals surface area contributed by atoms with Crippen molar-refractivity contribution in [3.05, 3.63) is 46.6 Å². The highest BCUT2D eigenvalue weighted by molar-refractivity contribution is 6.30. The maximum atomic E-state index is 12.7. The number of nitrogens with zero attached hydrogens (tertiary/aromatic N) is 3. The third-order valence-corrected chi connectivity index (χ3v) is 5.15. The van der Waals surface area contributed by atoms with Crippen LogP contribution in [0.1, 0.15) is 18.2 Å². The monoisotopic (exact) mass is 387 g/mol. The Kier molecular flexibility index (Phi) is 6.06. The van der Waals surface area contributed by atoms with Crippen LogP contribution in [0.3, 0.4) is 0 Å². The number of aromatic nitrogens is 1. The van der Waals surface area contributed by atoms with Crippen molar-refractivity contribution in [3.8, 4) is 0 Å². The third kappa shape index (κ3) is 4.45. The maximum Gasteiger partial charge on any atom is 0.322 e. The molecule has 6 nitrogen and oxygen atoms in total. The number of hydrogen-bond donors (Lipinski definition) is 2. The number of halogens is 1. The first-order valence-corrected chi connectivity index (χ1v) is 9.64. The molecule has 1 saturated heterocycles. The molecule has 1 aromatic heterocycles. The van der Waals surface area contributed by atoms with Gasteiger partial charge < -0.3 is 20.4 Å². The summed E-state index contributed by atoms with van der Waals surface area (Å²) in [4.78, 5) is 21.4. The summed E-state index contributed by atoms with van der Waals surface area (Å²) in [6.07, 6.45) is 0.879. The number of rotatable bonds is 4. The van der Waals surface area contributed by atoms with Crippen molar-refractivity contribution in [2.75, 3.05) is 48.8 Å². The summed E-state index contributed by atoms with van der Waals surface area (Å²) >= 11 is 6.08. The summed E-state index contributed by atoms with van der Waals surface area (Å²) in [5.41, 5.74) is 3.93. The molecule has 0 bridgehead atoms. The molecule has 0 radical (unpaired) electrons. The summed E-state index contributed by atoms with van der Waals surface area (Å²) in [6, 6.07) is 9.74. The minimum Gasteiger partial charge on any atom is -0.371 e. The molecule has 1 aromatic carbocycles. The van der Waals surface area contributed by atoms with E-state index in [4.69, 9.17) is 11.6 Å². The first-order valence-electron chi connectivity index (χ1n) is 9.26. The Morgan fingerprint density at radius 3 is 2.59 bits per heavy atom. The molecule has 144 valence electrons. The van der Waals surface area contributed by atoms with Crippen LogP contribution in [0.2, 0.25) is 5.02 Å². The number of piperazine rings is 1. The lowest BCUT2D eigenvalue weighted by Gasteiger charge is -2.36. The fraction of sp³-hybridized carbons (Fsp3) is 0.400. The molecule has 2 aromatic rings. The number of carbonyl (C=O) groups is 1. The SMILES string of the molecule is CCc1cc(NC(=O)N2CCN(c3cccc(Cl)c3)CC2)c(NC)nc1C. The highest BCUT2D eigenvalue weighted by atomic mass is 35.5. The second-order valence-corrected chi connectivity index (χ2v) is 7.05. The molecule has 1 fully saturated rings. The van der Waals surface area contributed by atoms with Crippen molar-refractivity contribution in [2.24, 2.45) is 0 Å². The number of urea groups is 1. The number of benzene rings is 1. The van der Waals surface area contributed by atoms with Crippen molar-refractivity contribution < 1.29 is 4.79 Å². The normalized spacial score (nSPS) is 14.2. The zero-order valence-corrected chi connectivity index (χ0v) is 16.8. The second kappa shape index (κ2) is 8.48. The molecule has 0 saturated carbocycles. The first-order chi connectivity index (χ1) is 13.0. The molecule has 2 amide bonds. The lowest BCUT2D eigenvalue weighted by molar-refractivity contribution is 0.208. The van der Waals surface area contributed by atoms with Gasteiger partial charge >= 0.3 is 6.03 Å². The van der Waals surface area contributed by atoms with Crippen LogP contribution in [0.5, 0.6) is 0 Å². The Hall–Kier alpha value is -2.47. The van der Waals surface area contributed by atoms with E-state index >= 15 is 0 Å². The Bertz CT molecular complexity index is 818. The van der Waals surface area contributed by atoms with Gasteiger partial charge in [-0.05, 0) is 43.2 Å². The van der Waals surface area contributed by atoms with Gasteiger partial charge in [0, 0.05) is 49.6 Å². The fourth-order valence-electron chi connectivity index (χ4n) is 3.33. The van der Waals surface area contributed by atoms with Crippen LogP contribution < -0.4 is 15.5 Å². The minimum atomic E-state index is -0.0926. The number of carbonyl (C=O) groups excluding carboxylic acids is 1. The number of pyridine rings is 1. The molecule has 1 aliphatic rings. The molecule has 3 rings (SSSR count). The van der Waals surface area contributed by atoms with Crippen molar-refractivity contribution in [1.82, 2.24) is 9.88 Å². The molecule has 0 aliphatic carbocycles. The predicted molar refractivity (Wildman–Crippen MR) is 112 cm³/mol. The van der Waals surface area contributed by atoms with E-state index in [0.717, 1.165) is 47.2 Å². The zero-order valence-electron chi connectivity index (χ0n) is 16.1. The van der Waals surface area contributed by atoms with Crippen molar-refractivity contribution >= 4 is 34.8 Å². The highest BCUT2D eigenvalue weighted by Crippen LogP contribution is 2.24. The van der Waals surface area contributed by atoms with Gasteiger partial charge in [-0.3, -0.25) is 0 Å². The van der Waals surface area contributed by atoms with E-state index in [1.165, 1.54) is 0 Å². The lowest BCUT2D eigenvalue weighted by Crippen LogP contribution is -2.50. The third-order valence-electron chi connectivity index (χ3n) is 4.92. The molecule has 2 heterocycles. The zero-order chi connectivity index (χ0) is 19.4. The molecule has 0 spiro atoms. The van der Waals surface area contributed by atoms with E-state index in [0.29, 0.717) is 18.9 Å². The number of aryl methyl sites for hydroxylation is 2. The smallest absolute Gasteiger partial charge is 0.322 e. The number of hydrogen-bond acceptors (Lipinski definition) is 4. The standard InChI is InChI=1S/C20H26ClN5O/c1-4-15-12-18(19(22-3)23-14(15)2)24-20(27)26-10-8-25(9-11-26)17-7-5-6-16(21)13-17/h5-7,12-13H,4,8-11H2,1-3H3,(H,22,23)(H,24,27). The maximum absolute atomic E-state index is 12.7. The quantitative estimate of drug-likeness (QED) is 0.832. The number of amides is 2. The number of anilines is 3. The molecular weight excluding hydrogens is 362 g/mol. The van der Waals surface area contributed by atoms with Gasteiger partial charge in [0.2, 0.25) is 0 Å². The summed E-state index contributed by atoms with van der Waals surface area (Å²) in [5, 5.41) is 6.81. The Morgan fingerprint density at radius 2 is 1.96 bits per heavy atom. The van der Waals surface area contributed by atoms with Gasteiger partial charge in [-0.2, -0.15) is 0 Å². The van der Waals surface area contributed by atoms with Crippen LogP contribution in [-0.4, -0.2) is 49.1 Å². The van der Waals surface area contributed by atoms with E-state index in [1.54, 1.807) is 0 Å². The largest absolute Gasteiger partial charge is 0.371 e. The average molecular weight is 388 g/mol. The van der Waals surface area contributed by atoms with Crippen molar-refractivity contribution in [2.45, 2.75) is 20.3 Å². The molecule has 0 unspecified atom stereocenters. The predicted octanol–water partition coefficient (Wildman–Crippen LogP) is 4.00. The van der Waals surface area contributed by atoms with E-state index in [9.17, 15) is 4.79 Å². The van der Waals surface area contributed by atoms with Gasteiger partial charge in [0.15, 0.2) is 0 Å². The van der Waals surface area contributed by atoms with Crippen LogP contribution in [-0.2, 0) is 6.42 Å². The summed E-state index contributed by atoms with van der Waals surface area (Å²) in [6.45, 7) is 6.95. The summed E-state index contributed by atoms with van der Waals surface area (Å²) < 4.78 is 0. The molecule has 2 N–H and O–H groups in total. The Balaban J connectivity index is 1.65. The van der Waals surface area contributed by atoms with Crippen molar-refractivity contribution in [1.29, 1.82) is 0 Å². The van der Waals surface area contributed by atoms with E-state index < -0.39 is 0 Å². The fourth-order valence-corrected chi connectivity index (χ4v) is 3.51. The van der Waals surface area contributed by atoms with E-state index in [2.05, 4.69) is 27.4 Å². The van der Waals surface area contributed by atoms with E-state index in [-0.39, 0.29) is 6.03 Å². The average Bonchev–Trinajstić information content (AvgIpc) is 2.69. The Labute approximate surface area is 165 Å². The topological polar surface area (TPSA) is 60.5 Å². The van der Waals surface area contributed by atoms with Crippen LogP contribution in [0, 0.1) is 6.92 Å². The van der Waals surface area contributed by atoms with Gasteiger partial charge in [0.25, 0.3) is 0 Å². The second-order valence-electron chi connectivity index (χ2n) is 6.62. The van der Waals surface area contributed by atoms with Crippen LogP contribution in [0.15, 0.2) is 30.3 Å². The van der Waals surface area contributed by atoms with Gasteiger partial charge in [-0.25, -0.2) is 9.78 Å². The molecule has 27 heavy (non-hydrogen) atoms. The van der Waals surface area contributed by atoms with Gasteiger partial charge in [0.05, 0.1) is 5.69 Å². The van der Waals surface area contributed by atoms with Gasteiger partial charge in [0.1, 0.15) is 5.82 Å². The molecule has 1 aliphatic heterocycles. The first kappa shape index (κ1) is 19.3. The minimum absolute atomic E-state index is 0.0926. The molecular formula is C20H26ClN5O. The summed E-state index contributed by atoms with van der Waals surface area (Å²) in [7, 11) is 1.81. The lowest BCUT2D eigenvalue weighted by atomic mass is 10.1. The van der Waals surface area contributed by atoms with Gasteiger partial charge in [-0.15, -0.1) is 0 Å². The highest BCUT2D eigenvalue weighted by Gasteiger charge is 2.22. The molecule has 0 atom stereocenters. The van der Waals surface area contributed by atoms with Crippen LogP contribution in [0.25, 0.3) is 0 Å². The number of nitrogens with one attached hydrogen (secondary N) is 2. The molecule has 7 heteroatoms.